The Bertz CT molecular complexity index is 1430. The van der Waals surface area contributed by atoms with Crippen molar-refractivity contribution >= 4 is 34.3 Å². The highest BCUT2D eigenvalue weighted by Crippen LogP contribution is 2.29. The molecule has 4 aromatic rings. The number of nitrogens with zero attached hydrogens (tertiary/aromatic N) is 4. The summed E-state index contributed by atoms with van der Waals surface area (Å²) in [4.78, 5) is 25.6. The Morgan fingerprint density at radius 2 is 2.00 bits per heavy atom. The Morgan fingerprint density at radius 3 is 2.74 bits per heavy atom. The Kier molecular flexibility index (Phi) is 6.87. The lowest BCUT2D eigenvalue weighted by atomic mass is 10.1. The lowest BCUT2D eigenvalue weighted by Gasteiger charge is -2.18. The number of aromatic nitrogens is 4. The Hall–Kier alpha value is -3.79. The van der Waals surface area contributed by atoms with Crippen LogP contribution in [0.2, 0.25) is 0 Å². The molecule has 0 saturated heterocycles. The summed E-state index contributed by atoms with van der Waals surface area (Å²) >= 11 is 1.25. The number of carbonyl (C=O) groups is 1. The van der Waals surface area contributed by atoms with Gasteiger partial charge in [0.05, 0.1) is 36.9 Å². The van der Waals surface area contributed by atoms with Crippen LogP contribution in [0.4, 0.5) is 0 Å². The van der Waals surface area contributed by atoms with Crippen LogP contribution in [0.3, 0.4) is 0 Å². The number of thioether (sulfide) groups is 1. The van der Waals surface area contributed by atoms with E-state index in [9.17, 15) is 9.59 Å². The van der Waals surface area contributed by atoms with Crippen LogP contribution < -0.4 is 20.3 Å². The minimum atomic E-state index is -0.275. The third kappa shape index (κ3) is 4.36. The van der Waals surface area contributed by atoms with E-state index in [1.54, 1.807) is 36.8 Å². The number of methoxy groups -OCH3 is 2. The van der Waals surface area contributed by atoms with Crippen molar-refractivity contribution in [2.75, 3.05) is 20.0 Å². The van der Waals surface area contributed by atoms with Crippen molar-refractivity contribution < 1.29 is 14.3 Å². The fourth-order valence-electron chi connectivity index (χ4n) is 3.79. The van der Waals surface area contributed by atoms with Gasteiger partial charge in [-0.3, -0.25) is 18.6 Å². The smallest absolute Gasteiger partial charge is 0.263 e. The summed E-state index contributed by atoms with van der Waals surface area (Å²) in [5.41, 5.74) is 1.37. The second-order valence-electron chi connectivity index (χ2n) is 7.53. The van der Waals surface area contributed by atoms with Gasteiger partial charge < -0.3 is 14.8 Å². The maximum atomic E-state index is 12.9. The van der Waals surface area contributed by atoms with Crippen LogP contribution in [0.1, 0.15) is 18.5 Å². The normalized spacial score (nSPS) is 12.0. The van der Waals surface area contributed by atoms with Crippen molar-refractivity contribution in [3.05, 3.63) is 71.0 Å². The molecule has 0 aliphatic carbocycles. The highest BCUT2D eigenvalue weighted by Gasteiger charge is 2.19. The number of nitrogens with one attached hydrogen (secondary N) is 1. The molecular weight excluding hydrogens is 454 g/mol. The van der Waals surface area contributed by atoms with Crippen LogP contribution >= 0.6 is 11.8 Å². The molecule has 9 nitrogen and oxygen atoms in total. The first kappa shape index (κ1) is 23.4. The second kappa shape index (κ2) is 10.0. The van der Waals surface area contributed by atoms with Crippen molar-refractivity contribution in [1.82, 2.24) is 24.5 Å². The molecule has 2 aromatic carbocycles. The fraction of sp³-hybridized carbons (Fsp3) is 0.250. The van der Waals surface area contributed by atoms with Gasteiger partial charge in [-0.15, -0.1) is 16.8 Å². The van der Waals surface area contributed by atoms with E-state index < -0.39 is 0 Å². The molecule has 0 saturated carbocycles. The third-order valence-corrected chi connectivity index (χ3v) is 6.34. The van der Waals surface area contributed by atoms with Crippen molar-refractivity contribution in [2.24, 2.45) is 0 Å². The van der Waals surface area contributed by atoms with E-state index >= 15 is 0 Å². The van der Waals surface area contributed by atoms with Gasteiger partial charge in [0, 0.05) is 18.2 Å². The molecule has 0 aliphatic heterocycles. The van der Waals surface area contributed by atoms with Crippen LogP contribution in [-0.2, 0) is 11.3 Å². The van der Waals surface area contributed by atoms with Gasteiger partial charge in [-0.2, -0.15) is 0 Å². The molecule has 2 heterocycles. The number of benzene rings is 2. The molecule has 0 fully saturated rings. The number of hydrogen-bond donors (Lipinski definition) is 1. The lowest BCUT2D eigenvalue weighted by molar-refractivity contribution is -0.119. The van der Waals surface area contributed by atoms with Crippen molar-refractivity contribution in [3.8, 4) is 11.5 Å². The van der Waals surface area contributed by atoms with Gasteiger partial charge in [-0.25, -0.2) is 0 Å². The van der Waals surface area contributed by atoms with E-state index in [2.05, 4.69) is 22.1 Å². The summed E-state index contributed by atoms with van der Waals surface area (Å²) in [5, 5.41) is 12.5. The SMILES string of the molecule is C=CCn1c(=O)c2ccccc2n2c(SCC(=O)NC(C)c3ccc(OC)cc3OC)nnc12. The molecule has 1 N–H and O–H groups in total. The predicted molar refractivity (Wildman–Crippen MR) is 132 cm³/mol. The minimum Gasteiger partial charge on any atom is -0.497 e. The molecular formula is C24H25N5O4S. The molecule has 0 bridgehead atoms. The minimum absolute atomic E-state index is 0.124. The van der Waals surface area contributed by atoms with E-state index in [4.69, 9.17) is 9.47 Å². The number of fused-ring (bicyclic) bond motifs is 3. The quantitative estimate of drug-likeness (QED) is 0.291. The number of rotatable bonds is 9. The zero-order valence-electron chi connectivity index (χ0n) is 19.1. The molecule has 1 atom stereocenters. The van der Waals surface area contributed by atoms with E-state index in [0.717, 1.165) is 5.56 Å². The summed E-state index contributed by atoms with van der Waals surface area (Å²) in [6, 6.07) is 12.5. The fourth-order valence-corrected chi connectivity index (χ4v) is 4.54. The van der Waals surface area contributed by atoms with Gasteiger partial charge >= 0.3 is 0 Å². The Balaban J connectivity index is 1.57. The Labute approximate surface area is 200 Å². The standard InChI is InChI=1S/C24H25N5O4S/c1-5-12-28-22(31)18-8-6-7-9-19(18)29-23(28)26-27-24(29)34-14-21(30)25-15(2)17-11-10-16(32-3)13-20(17)33-4/h5-11,13,15H,1,12,14H2,2-4H3,(H,25,30). The molecule has 1 unspecified atom stereocenters. The summed E-state index contributed by atoms with van der Waals surface area (Å²) in [6.07, 6.45) is 1.64. The van der Waals surface area contributed by atoms with E-state index in [1.165, 1.54) is 16.3 Å². The monoisotopic (exact) mass is 479 g/mol. The predicted octanol–water partition coefficient (Wildman–Crippen LogP) is 3.22. The zero-order chi connectivity index (χ0) is 24.2. The molecule has 0 spiro atoms. The van der Waals surface area contributed by atoms with Crippen LogP contribution in [0.5, 0.6) is 11.5 Å². The number of para-hydroxylation sites is 1. The van der Waals surface area contributed by atoms with Crippen LogP contribution in [0, 0.1) is 0 Å². The number of allylic oxidation sites excluding steroid dienone is 1. The highest BCUT2D eigenvalue weighted by atomic mass is 32.2. The topological polar surface area (TPSA) is 99.8 Å². The van der Waals surface area contributed by atoms with Crippen LogP contribution in [0.25, 0.3) is 16.7 Å². The number of ether oxygens (including phenoxy) is 2. The summed E-state index contributed by atoms with van der Waals surface area (Å²) in [6.45, 7) is 5.93. The van der Waals surface area contributed by atoms with Gasteiger partial charge in [0.25, 0.3) is 5.56 Å². The number of carbonyl (C=O) groups excluding carboxylic acids is 1. The molecule has 34 heavy (non-hydrogen) atoms. The largest absolute Gasteiger partial charge is 0.497 e. The average molecular weight is 480 g/mol. The maximum Gasteiger partial charge on any atom is 0.263 e. The maximum absolute atomic E-state index is 12.9. The molecule has 4 rings (SSSR count). The van der Waals surface area contributed by atoms with Gasteiger partial charge in [0.15, 0.2) is 5.16 Å². The van der Waals surface area contributed by atoms with Gasteiger partial charge in [-0.05, 0) is 31.2 Å². The number of hydrogen-bond acceptors (Lipinski definition) is 7. The molecule has 2 aromatic heterocycles. The van der Waals surface area contributed by atoms with Gasteiger partial charge in [-0.1, -0.05) is 30.0 Å². The molecule has 1 amide bonds. The van der Waals surface area contributed by atoms with E-state index in [-0.39, 0.29) is 23.3 Å². The molecule has 0 aliphatic rings. The summed E-state index contributed by atoms with van der Waals surface area (Å²) in [5.74, 6) is 1.67. The second-order valence-corrected chi connectivity index (χ2v) is 8.47. The lowest BCUT2D eigenvalue weighted by Crippen LogP contribution is -2.28. The van der Waals surface area contributed by atoms with Crippen LogP contribution in [-0.4, -0.2) is 45.0 Å². The van der Waals surface area contributed by atoms with E-state index in [0.29, 0.717) is 39.9 Å². The first-order valence-electron chi connectivity index (χ1n) is 10.6. The van der Waals surface area contributed by atoms with Gasteiger partial charge in [0.1, 0.15) is 11.5 Å². The van der Waals surface area contributed by atoms with Crippen molar-refractivity contribution in [1.29, 1.82) is 0 Å². The molecule has 176 valence electrons. The van der Waals surface area contributed by atoms with Gasteiger partial charge in [0.2, 0.25) is 11.7 Å². The van der Waals surface area contributed by atoms with E-state index in [1.807, 2.05) is 37.3 Å². The average Bonchev–Trinajstić information content (AvgIpc) is 3.28. The molecule has 10 heteroatoms. The van der Waals surface area contributed by atoms with Crippen molar-refractivity contribution in [3.63, 3.8) is 0 Å². The number of amides is 1. The third-order valence-electron chi connectivity index (χ3n) is 5.41. The highest BCUT2D eigenvalue weighted by molar-refractivity contribution is 7.99. The Morgan fingerprint density at radius 1 is 1.21 bits per heavy atom. The van der Waals surface area contributed by atoms with Crippen LogP contribution in [0.15, 0.2) is 65.1 Å². The first-order valence-corrected chi connectivity index (χ1v) is 11.6. The summed E-state index contributed by atoms with van der Waals surface area (Å²) < 4.78 is 14.0. The first-order chi connectivity index (χ1) is 16.5. The summed E-state index contributed by atoms with van der Waals surface area (Å²) in [7, 11) is 3.17. The zero-order valence-corrected chi connectivity index (χ0v) is 20.0. The molecule has 0 radical (unpaired) electrons. The van der Waals surface area contributed by atoms with Crippen molar-refractivity contribution in [2.45, 2.75) is 24.7 Å².